The van der Waals surface area contributed by atoms with Gasteiger partial charge in [-0.2, -0.15) is 0 Å². The molecule has 3 aliphatic rings. The number of fused-ring (bicyclic) bond motifs is 3. The highest BCUT2D eigenvalue weighted by atomic mass is 16.5. The second-order valence-corrected chi connectivity index (χ2v) is 11.6. The summed E-state index contributed by atoms with van der Waals surface area (Å²) in [5, 5.41) is 0. The summed E-state index contributed by atoms with van der Waals surface area (Å²) in [5.41, 5.74) is 2.34. The Bertz CT molecular complexity index is 534. The zero-order valence-electron chi connectivity index (χ0n) is 20.5. The third kappa shape index (κ3) is 5.50. The van der Waals surface area contributed by atoms with Gasteiger partial charge < -0.3 is 4.74 Å². The smallest absolute Gasteiger partial charge is 0.0612 e. The minimum atomic E-state index is 0.501. The van der Waals surface area contributed by atoms with Gasteiger partial charge in [-0.1, -0.05) is 72.0 Å². The predicted octanol–water partition coefficient (Wildman–Crippen LogP) is 8.43. The van der Waals surface area contributed by atoms with Gasteiger partial charge in [0.05, 0.1) is 6.10 Å². The summed E-state index contributed by atoms with van der Waals surface area (Å²) in [6.45, 7) is 15.5. The van der Waals surface area contributed by atoms with Crippen molar-refractivity contribution in [1.82, 2.24) is 0 Å². The van der Waals surface area contributed by atoms with Gasteiger partial charge in [-0.3, -0.25) is 0 Å². The van der Waals surface area contributed by atoms with Crippen LogP contribution in [0.5, 0.6) is 0 Å². The van der Waals surface area contributed by atoms with Crippen molar-refractivity contribution in [2.75, 3.05) is 6.61 Å². The average Bonchev–Trinajstić information content (AvgIpc) is 2.67. The molecular formula is C28H50O. The molecule has 2 fully saturated rings. The first kappa shape index (κ1) is 23.4. The molecule has 0 radical (unpaired) electrons. The lowest BCUT2D eigenvalue weighted by atomic mass is 9.50. The summed E-state index contributed by atoms with van der Waals surface area (Å²) in [6.07, 6.45) is 18.5. The SMILES string of the molecule is CCO[C@H]1CCC2C(=CCC3C2CC[C@](C)(CC(C)CCCC(C)C)C3CC)C1. The third-order valence-corrected chi connectivity index (χ3v) is 9.05. The van der Waals surface area contributed by atoms with Crippen molar-refractivity contribution in [2.24, 2.45) is 40.9 Å². The van der Waals surface area contributed by atoms with Crippen molar-refractivity contribution in [3.05, 3.63) is 11.6 Å². The Hall–Kier alpha value is -0.300. The molecular weight excluding hydrogens is 352 g/mol. The maximum atomic E-state index is 5.99. The van der Waals surface area contributed by atoms with Gasteiger partial charge in [-0.25, -0.2) is 0 Å². The lowest BCUT2D eigenvalue weighted by molar-refractivity contribution is -0.0371. The van der Waals surface area contributed by atoms with Gasteiger partial charge in [0.25, 0.3) is 0 Å². The van der Waals surface area contributed by atoms with Gasteiger partial charge in [0.2, 0.25) is 0 Å². The van der Waals surface area contributed by atoms with E-state index in [9.17, 15) is 0 Å². The summed E-state index contributed by atoms with van der Waals surface area (Å²) in [7, 11) is 0. The Morgan fingerprint density at radius 2 is 1.86 bits per heavy atom. The molecule has 0 aromatic heterocycles. The maximum Gasteiger partial charge on any atom is 0.0612 e. The van der Waals surface area contributed by atoms with Crippen molar-refractivity contribution < 1.29 is 4.74 Å². The molecule has 3 rings (SSSR count). The minimum Gasteiger partial charge on any atom is -0.378 e. The van der Waals surface area contributed by atoms with Gasteiger partial charge in [-0.05, 0) is 92.8 Å². The molecule has 3 aliphatic carbocycles. The zero-order chi connectivity index (χ0) is 21.0. The first-order valence-corrected chi connectivity index (χ1v) is 13.2. The van der Waals surface area contributed by atoms with E-state index in [4.69, 9.17) is 4.74 Å². The van der Waals surface area contributed by atoms with E-state index in [-0.39, 0.29) is 0 Å². The molecule has 5 unspecified atom stereocenters. The Morgan fingerprint density at radius 1 is 1.07 bits per heavy atom. The summed E-state index contributed by atoms with van der Waals surface area (Å²) < 4.78 is 5.99. The minimum absolute atomic E-state index is 0.501. The molecule has 0 N–H and O–H groups in total. The highest BCUT2D eigenvalue weighted by molar-refractivity contribution is 5.19. The van der Waals surface area contributed by atoms with Gasteiger partial charge in [-0.15, -0.1) is 0 Å². The number of ether oxygens (including phenoxy) is 1. The van der Waals surface area contributed by atoms with E-state index < -0.39 is 0 Å². The van der Waals surface area contributed by atoms with E-state index in [0.717, 1.165) is 42.1 Å². The fourth-order valence-electron chi connectivity index (χ4n) is 7.83. The predicted molar refractivity (Wildman–Crippen MR) is 126 cm³/mol. The quantitative estimate of drug-likeness (QED) is 0.351. The molecule has 0 spiro atoms. The molecule has 0 heterocycles. The van der Waals surface area contributed by atoms with Crippen LogP contribution in [0.2, 0.25) is 0 Å². The van der Waals surface area contributed by atoms with Crippen LogP contribution in [0.25, 0.3) is 0 Å². The molecule has 1 nitrogen and oxygen atoms in total. The molecule has 0 aliphatic heterocycles. The van der Waals surface area contributed by atoms with Crippen LogP contribution in [0.15, 0.2) is 11.6 Å². The standard InChI is InChI=1S/C28H50O/c1-7-27-26-14-12-22-18-23(29-8-2)13-15-24(22)25(26)16-17-28(27,6)19-21(5)11-9-10-20(3)4/h12,20-21,23-27H,7-11,13-19H2,1-6H3/t21?,23-,24?,25?,26?,27?,28+/m0/s1. The number of rotatable bonds is 9. The zero-order valence-corrected chi connectivity index (χ0v) is 20.5. The third-order valence-electron chi connectivity index (χ3n) is 9.05. The number of allylic oxidation sites excluding steroid dienone is 1. The van der Waals surface area contributed by atoms with Crippen LogP contribution in [-0.4, -0.2) is 12.7 Å². The molecule has 0 amide bonds. The molecule has 29 heavy (non-hydrogen) atoms. The second kappa shape index (κ2) is 10.3. The van der Waals surface area contributed by atoms with Crippen LogP contribution in [0.3, 0.4) is 0 Å². The largest absolute Gasteiger partial charge is 0.378 e. The second-order valence-electron chi connectivity index (χ2n) is 11.6. The summed E-state index contributed by atoms with van der Waals surface area (Å²) in [5.74, 6) is 5.47. The van der Waals surface area contributed by atoms with Crippen molar-refractivity contribution >= 4 is 0 Å². The van der Waals surface area contributed by atoms with Crippen LogP contribution in [-0.2, 0) is 4.74 Å². The molecule has 0 saturated heterocycles. The molecule has 2 saturated carbocycles. The first-order valence-electron chi connectivity index (χ1n) is 13.2. The normalized spacial score (nSPS) is 38.3. The van der Waals surface area contributed by atoms with Crippen molar-refractivity contribution in [3.8, 4) is 0 Å². The van der Waals surface area contributed by atoms with E-state index in [0.29, 0.717) is 11.5 Å². The van der Waals surface area contributed by atoms with Gasteiger partial charge in [0, 0.05) is 6.61 Å². The highest BCUT2D eigenvalue weighted by Gasteiger charge is 2.49. The van der Waals surface area contributed by atoms with Crippen molar-refractivity contribution in [3.63, 3.8) is 0 Å². The molecule has 168 valence electrons. The van der Waals surface area contributed by atoms with E-state index in [1.54, 1.807) is 5.57 Å². The van der Waals surface area contributed by atoms with Crippen LogP contribution in [0.1, 0.15) is 112 Å². The van der Waals surface area contributed by atoms with Crippen LogP contribution >= 0.6 is 0 Å². The van der Waals surface area contributed by atoms with E-state index in [1.807, 2.05) is 0 Å². The van der Waals surface area contributed by atoms with E-state index in [1.165, 1.54) is 70.6 Å². The Kier molecular flexibility index (Phi) is 8.33. The molecule has 1 heteroatoms. The Labute approximate surface area is 182 Å². The Balaban J connectivity index is 1.64. The topological polar surface area (TPSA) is 9.23 Å². The number of hydrogen-bond donors (Lipinski definition) is 0. The lowest BCUT2D eigenvalue weighted by Gasteiger charge is -2.55. The van der Waals surface area contributed by atoms with Gasteiger partial charge in [0.15, 0.2) is 0 Å². The molecule has 0 aromatic rings. The summed E-state index contributed by atoms with van der Waals surface area (Å²) in [4.78, 5) is 0. The molecule has 0 aromatic carbocycles. The van der Waals surface area contributed by atoms with Crippen LogP contribution in [0, 0.1) is 40.9 Å². The monoisotopic (exact) mass is 402 g/mol. The van der Waals surface area contributed by atoms with Crippen LogP contribution < -0.4 is 0 Å². The fourth-order valence-corrected chi connectivity index (χ4v) is 7.83. The van der Waals surface area contributed by atoms with E-state index in [2.05, 4.69) is 47.6 Å². The Morgan fingerprint density at radius 3 is 2.55 bits per heavy atom. The lowest BCUT2D eigenvalue weighted by Crippen LogP contribution is -2.47. The first-order chi connectivity index (χ1) is 13.9. The summed E-state index contributed by atoms with van der Waals surface area (Å²) >= 11 is 0. The van der Waals surface area contributed by atoms with E-state index >= 15 is 0 Å². The molecule has 7 atom stereocenters. The van der Waals surface area contributed by atoms with Crippen LogP contribution in [0.4, 0.5) is 0 Å². The molecule has 0 bridgehead atoms. The van der Waals surface area contributed by atoms with Gasteiger partial charge in [0.1, 0.15) is 0 Å². The highest BCUT2D eigenvalue weighted by Crippen LogP contribution is 2.58. The fraction of sp³-hybridized carbons (Fsp3) is 0.929. The summed E-state index contributed by atoms with van der Waals surface area (Å²) in [6, 6.07) is 0. The average molecular weight is 403 g/mol. The van der Waals surface area contributed by atoms with Gasteiger partial charge >= 0.3 is 0 Å². The maximum absolute atomic E-state index is 5.99. The number of hydrogen-bond acceptors (Lipinski definition) is 1. The van der Waals surface area contributed by atoms with Crippen molar-refractivity contribution in [2.45, 2.75) is 118 Å². The van der Waals surface area contributed by atoms with Crippen molar-refractivity contribution in [1.29, 1.82) is 0 Å².